The van der Waals surface area contributed by atoms with E-state index >= 15 is 0 Å². The van der Waals surface area contributed by atoms with Gasteiger partial charge in [0.2, 0.25) is 0 Å². The summed E-state index contributed by atoms with van der Waals surface area (Å²) < 4.78 is 1.52. The highest BCUT2D eigenvalue weighted by Crippen LogP contribution is 2.10. The zero-order chi connectivity index (χ0) is 10.1. The van der Waals surface area contributed by atoms with Crippen molar-refractivity contribution >= 4 is 17.7 Å². The number of hydrogen-bond acceptors (Lipinski definition) is 2. The third-order valence-electron chi connectivity index (χ3n) is 1.99. The SMILES string of the molecule is C=Cc1ccn2c(C(=O)O)cnc2c1. The first-order valence-electron chi connectivity index (χ1n) is 4.05. The molecule has 4 heteroatoms. The van der Waals surface area contributed by atoms with Gasteiger partial charge in [0.15, 0.2) is 5.69 Å². The van der Waals surface area contributed by atoms with Gasteiger partial charge in [-0.25, -0.2) is 9.78 Å². The minimum atomic E-state index is -0.983. The Kier molecular flexibility index (Phi) is 1.81. The van der Waals surface area contributed by atoms with Crippen LogP contribution in [0.1, 0.15) is 16.1 Å². The first-order chi connectivity index (χ1) is 6.72. The standard InChI is InChI=1S/C10H8N2O2/c1-2-7-3-4-12-8(10(13)14)6-11-9(12)5-7/h2-6H,1H2,(H,13,14). The van der Waals surface area contributed by atoms with Crippen LogP contribution in [0.25, 0.3) is 11.7 Å². The number of fused-ring (bicyclic) bond motifs is 1. The summed E-state index contributed by atoms with van der Waals surface area (Å²) in [6.45, 7) is 3.63. The lowest BCUT2D eigenvalue weighted by Crippen LogP contribution is -2.00. The van der Waals surface area contributed by atoms with Crippen LogP contribution in [0.3, 0.4) is 0 Å². The largest absolute Gasteiger partial charge is 0.477 e. The molecule has 0 aromatic carbocycles. The third kappa shape index (κ3) is 1.17. The van der Waals surface area contributed by atoms with Crippen molar-refractivity contribution in [2.45, 2.75) is 0 Å². The molecule has 1 N–H and O–H groups in total. The third-order valence-corrected chi connectivity index (χ3v) is 1.99. The smallest absolute Gasteiger partial charge is 0.354 e. The maximum absolute atomic E-state index is 10.7. The molecule has 0 aliphatic heterocycles. The predicted molar refractivity (Wildman–Crippen MR) is 52.2 cm³/mol. The number of carboxylic acids is 1. The average molecular weight is 188 g/mol. The number of carboxylic acid groups (broad SMARTS) is 1. The Hall–Kier alpha value is -2.10. The topological polar surface area (TPSA) is 54.6 Å². The summed E-state index contributed by atoms with van der Waals surface area (Å²) >= 11 is 0. The second-order valence-electron chi connectivity index (χ2n) is 2.84. The van der Waals surface area contributed by atoms with E-state index in [9.17, 15) is 4.79 Å². The molecule has 0 atom stereocenters. The van der Waals surface area contributed by atoms with E-state index in [2.05, 4.69) is 11.6 Å². The van der Waals surface area contributed by atoms with Crippen molar-refractivity contribution in [3.05, 3.63) is 42.4 Å². The molecule has 0 aliphatic carbocycles. The van der Waals surface area contributed by atoms with Crippen LogP contribution in [0.2, 0.25) is 0 Å². The van der Waals surface area contributed by atoms with Crippen molar-refractivity contribution in [1.29, 1.82) is 0 Å². The van der Waals surface area contributed by atoms with Crippen molar-refractivity contribution in [1.82, 2.24) is 9.38 Å². The monoisotopic (exact) mass is 188 g/mol. The lowest BCUT2D eigenvalue weighted by atomic mass is 10.2. The fourth-order valence-electron chi connectivity index (χ4n) is 1.28. The number of nitrogens with zero attached hydrogens (tertiary/aromatic N) is 2. The second-order valence-corrected chi connectivity index (χ2v) is 2.84. The van der Waals surface area contributed by atoms with Gasteiger partial charge in [0, 0.05) is 6.20 Å². The quantitative estimate of drug-likeness (QED) is 0.779. The summed E-state index contributed by atoms with van der Waals surface area (Å²) in [5.41, 5.74) is 1.69. The van der Waals surface area contributed by atoms with Gasteiger partial charge in [0.1, 0.15) is 5.65 Å². The van der Waals surface area contributed by atoms with Crippen molar-refractivity contribution in [3.8, 4) is 0 Å². The summed E-state index contributed by atoms with van der Waals surface area (Å²) in [4.78, 5) is 14.7. The highest BCUT2D eigenvalue weighted by Gasteiger charge is 2.09. The molecule has 0 aliphatic rings. The van der Waals surface area contributed by atoms with E-state index in [0.29, 0.717) is 5.65 Å². The molecule has 0 spiro atoms. The normalized spacial score (nSPS) is 10.3. The minimum absolute atomic E-state index is 0.163. The zero-order valence-corrected chi connectivity index (χ0v) is 7.34. The maximum Gasteiger partial charge on any atom is 0.354 e. The Morgan fingerprint density at radius 3 is 3.07 bits per heavy atom. The van der Waals surface area contributed by atoms with E-state index < -0.39 is 5.97 Å². The summed E-state index contributed by atoms with van der Waals surface area (Å²) in [6, 6.07) is 3.56. The van der Waals surface area contributed by atoms with E-state index in [1.807, 2.05) is 0 Å². The number of aromatic nitrogens is 2. The van der Waals surface area contributed by atoms with E-state index in [1.165, 1.54) is 10.6 Å². The molecule has 0 radical (unpaired) electrons. The van der Waals surface area contributed by atoms with Gasteiger partial charge in [-0.2, -0.15) is 0 Å². The van der Waals surface area contributed by atoms with E-state index in [0.717, 1.165) is 5.56 Å². The highest BCUT2D eigenvalue weighted by molar-refractivity contribution is 5.86. The van der Waals surface area contributed by atoms with E-state index in [-0.39, 0.29) is 5.69 Å². The van der Waals surface area contributed by atoms with Crippen molar-refractivity contribution in [2.24, 2.45) is 0 Å². The molecule has 0 fully saturated rings. The molecule has 0 unspecified atom stereocenters. The Balaban J connectivity index is 2.71. The van der Waals surface area contributed by atoms with Gasteiger partial charge >= 0.3 is 5.97 Å². The van der Waals surface area contributed by atoms with E-state index in [1.54, 1.807) is 24.4 Å². The van der Waals surface area contributed by atoms with Gasteiger partial charge in [-0.15, -0.1) is 0 Å². The zero-order valence-electron chi connectivity index (χ0n) is 7.34. The Morgan fingerprint density at radius 2 is 2.43 bits per heavy atom. The molecular formula is C10H8N2O2. The number of rotatable bonds is 2. The Bertz CT molecular complexity index is 514. The summed E-state index contributed by atoms with van der Waals surface area (Å²) in [5, 5.41) is 8.82. The number of pyridine rings is 1. The van der Waals surface area contributed by atoms with Crippen LogP contribution in [0.15, 0.2) is 31.1 Å². The van der Waals surface area contributed by atoms with Crippen LogP contribution >= 0.6 is 0 Å². The predicted octanol–water partition coefficient (Wildman–Crippen LogP) is 1.68. The van der Waals surface area contributed by atoms with Gasteiger partial charge in [-0.1, -0.05) is 12.7 Å². The lowest BCUT2D eigenvalue weighted by molar-refractivity contribution is 0.0689. The van der Waals surface area contributed by atoms with Crippen LogP contribution in [0, 0.1) is 0 Å². The number of aromatic carboxylic acids is 1. The van der Waals surface area contributed by atoms with Gasteiger partial charge < -0.3 is 5.11 Å². The molecule has 2 aromatic heterocycles. The van der Waals surface area contributed by atoms with Crippen LogP contribution < -0.4 is 0 Å². The van der Waals surface area contributed by atoms with E-state index in [4.69, 9.17) is 5.11 Å². The van der Waals surface area contributed by atoms with Gasteiger partial charge in [-0.3, -0.25) is 4.40 Å². The van der Waals surface area contributed by atoms with Gasteiger partial charge in [-0.05, 0) is 17.7 Å². The van der Waals surface area contributed by atoms with Crippen LogP contribution in [0.5, 0.6) is 0 Å². The summed E-state index contributed by atoms with van der Waals surface area (Å²) in [5.74, 6) is -0.983. The molecule has 0 bridgehead atoms. The minimum Gasteiger partial charge on any atom is -0.477 e. The van der Waals surface area contributed by atoms with Crippen LogP contribution in [0.4, 0.5) is 0 Å². The molecule has 2 heterocycles. The van der Waals surface area contributed by atoms with Gasteiger partial charge in [0.05, 0.1) is 6.20 Å². The van der Waals surface area contributed by atoms with Crippen molar-refractivity contribution < 1.29 is 9.90 Å². The molecule has 0 saturated heterocycles. The molecule has 0 amide bonds. The van der Waals surface area contributed by atoms with Crippen molar-refractivity contribution in [3.63, 3.8) is 0 Å². The van der Waals surface area contributed by atoms with Crippen LogP contribution in [-0.2, 0) is 0 Å². The Labute approximate surface area is 80.1 Å². The maximum atomic E-state index is 10.7. The fraction of sp³-hybridized carbons (Fsp3) is 0. The molecule has 70 valence electrons. The molecular weight excluding hydrogens is 180 g/mol. The molecule has 14 heavy (non-hydrogen) atoms. The van der Waals surface area contributed by atoms with Crippen molar-refractivity contribution in [2.75, 3.05) is 0 Å². The summed E-state index contributed by atoms with van der Waals surface area (Å²) in [7, 11) is 0. The molecule has 4 nitrogen and oxygen atoms in total. The first-order valence-corrected chi connectivity index (χ1v) is 4.05. The number of hydrogen-bond donors (Lipinski definition) is 1. The van der Waals surface area contributed by atoms with Gasteiger partial charge in [0.25, 0.3) is 0 Å². The average Bonchev–Trinajstić information content (AvgIpc) is 2.59. The number of carbonyl (C=O) groups is 1. The lowest BCUT2D eigenvalue weighted by Gasteiger charge is -1.97. The highest BCUT2D eigenvalue weighted by atomic mass is 16.4. The Morgan fingerprint density at radius 1 is 1.64 bits per heavy atom. The second kappa shape index (κ2) is 2.99. The summed E-state index contributed by atoms with van der Waals surface area (Å²) in [6.07, 6.45) is 4.70. The van der Waals surface area contributed by atoms with Crippen LogP contribution in [-0.4, -0.2) is 20.5 Å². The first kappa shape index (κ1) is 8.50. The fourth-order valence-corrected chi connectivity index (χ4v) is 1.28. The molecule has 2 aromatic rings. The number of imidazole rings is 1. The molecule has 0 saturated carbocycles. The molecule has 2 rings (SSSR count).